The van der Waals surface area contributed by atoms with Crippen molar-refractivity contribution >= 4 is 22.5 Å². The van der Waals surface area contributed by atoms with E-state index in [2.05, 4.69) is 0 Å². The van der Waals surface area contributed by atoms with Crippen LogP contribution in [-0.4, -0.2) is 9.85 Å². The van der Waals surface area contributed by atoms with Crippen LogP contribution in [0.15, 0.2) is 28.7 Å². The maximum Gasteiger partial charge on any atom is 0.434 e. The van der Waals surface area contributed by atoms with Crippen LogP contribution in [0.2, 0.25) is 0 Å². The highest BCUT2D eigenvalue weighted by Crippen LogP contribution is 2.27. The van der Waals surface area contributed by atoms with Crippen LogP contribution in [0.1, 0.15) is 0 Å². The van der Waals surface area contributed by atoms with Crippen molar-refractivity contribution < 1.29 is 14.3 Å². The van der Waals surface area contributed by atoms with Gasteiger partial charge in [-0.3, -0.25) is 20.2 Å². The Morgan fingerprint density at radius 2 is 1.80 bits per heavy atom. The third-order valence-electron chi connectivity index (χ3n) is 1.88. The Hall–Kier alpha value is -2.44. The van der Waals surface area contributed by atoms with Crippen LogP contribution < -0.4 is 0 Å². The molecule has 7 heteroatoms. The number of hydrogen-bond acceptors (Lipinski definition) is 5. The van der Waals surface area contributed by atoms with Gasteiger partial charge in [-0.05, 0) is 6.07 Å². The predicted octanol–water partition coefficient (Wildman–Crippen LogP) is 2.25. The summed E-state index contributed by atoms with van der Waals surface area (Å²) in [7, 11) is 0. The molecule has 0 N–H and O–H groups in total. The number of hydrogen-bond donors (Lipinski definition) is 0. The van der Waals surface area contributed by atoms with Gasteiger partial charge in [0.25, 0.3) is 5.69 Å². The molecule has 76 valence electrons. The van der Waals surface area contributed by atoms with E-state index in [9.17, 15) is 20.2 Å². The van der Waals surface area contributed by atoms with E-state index < -0.39 is 15.7 Å². The van der Waals surface area contributed by atoms with Gasteiger partial charge in [0, 0.05) is 11.5 Å². The molecule has 0 amide bonds. The molecule has 2 rings (SSSR count). The van der Waals surface area contributed by atoms with Crippen LogP contribution in [0.4, 0.5) is 11.6 Å². The molecule has 0 aliphatic rings. The summed E-state index contributed by atoms with van der Waals surface area (Å²) in [5.74, 6) is -0.425. The fourth-order valence-corrected chi connectivity index (χ4v) is 1.21. The van der Waals surface area contributed by atoms with Gasteiger partial charge in [-0.2, -0.15) is 0 Å². The van der Waals surface area contributed by atoms with Crippen molar-refractivity contribution in [3.63, 3.8) is 0 Å². The van der Waals surface area contributed by atoms with Crippen LogP contribution in [-0.2, 0) is 0 Å². The van der Waals surface area contributed by atoms with E-state index in [0.717, 1.165) is 6.07 Å². The van der Waals surface area contributed by atoms with Crippen molar-refractivity contribution in [2.75, 3.05) is 0 Å². The van der Waals surface area contributed by atoms with E-state index in [0.29, 0.717) is 5.39 Å². The third kappa shape index (κ3) is 1.50. The first kappa shape index (κ1) is 9.13. The van der Waals surface area contributed by atoms with Crippen LogP contribution >= 0.6 is 0 Å². The second-order valence-corrected chi connectivity index (χ2v) is 2.82. The molecule has 1 aromatic carbocycles. The SMILES string of the molecule is O=[N+]([O-])c1ccc2cc([N+](=O)[O-])oc2c1. The van der Waals surface area contributed by atoms with Crippen molar-refractivity contribution in [2.45, 2.75) is 0 Å². The van der Waals surface area contributed by atoms with Crippen molar-refractivity contribution in [3.8, 4) is 0 Å². The molecule has 1 heterocycles. The molecule has 15 heavy (non-hydrogen) atoms. The van der Waals surface area contributed by atoms with Crippen LogP contribution in [0.25, 0.3) is 11.0 Å². The molecule has 0 aliphatic carbocycles. The van der Waals surface area contributed by atoms with Gasteiger partial charge in [-0.15, -0.1) is 0 Å². The predicted molar refractivity (Wildman–Crippen MR) is 49.5 cm³/mol. The van der Waals surface area contributed by atoms with Gasteiger partial charge in [0.1, 0.15) is 10.5 Å². The lowest BCUT2D eigenvalue weighted by Gasteiger charge is -1.88. The van der Waals surface area contributed by atoms with Gasteiger partial charge in [0.15, 0.2) is 0 Å². The van der Waals surface area contributed by atoms with E-state index in [1.54, 1.807) is 0 Å². The highest BCUT2D eigenvalue weighted by Gasteiger charge is 2.15. The van der Waals surface area contributed by atoms with Crippen LogP contribution in [0.3, 0.4) is 0 Å². The summed E-state index contributed by atoms with van der Waals surface area (Å²) >= 11 is 0. The van der Waals surface area contributed by atoms with E-state index in [1.165, 1.54) is 18.2 Å². The maximum atomic E-state index is 10.4. The Morgan fingerprint density at radius 1 is 1.07 bits per heavy atom. The summed E-state index contributed by atoms with van der Waals surface area (Å²) < 4.78 is 4.82. The smallest absolute Gasteiger partial charge is 0.400 e. The normalized spacial score (nSPS) is 10.4. The molecule has 7 nitrogen and oxygen atoms in total. The van der Waals surface area contributed by atoms with Crippen molar-refractivity contribution in [1.82, 2.24) is 0 Å². The average Bonchev–Trinajstić information content (AvgIpc) is 2.59. The van der Waals surface area contributed by atoms with Crippen molar-refractivity contribution in [2.24, 2.45) is 0 Å². The van der Waals surface area contributed by atoms with Crippen molar-refractivity contribution in [1.29, 1.82) is 0 Å². The number of nitro groups is 2. The zero-order chi connectivity index (χ0) is 11.0. The fourth-order valence-electron chi connectivity index (χ4n) is 1.21. The van der Waals surface area contributed by atoms with Gasteiger partial charge >= 0.3 is 5.88 Å². The topological polar surface area (TPSA) is 99.4 Å². The molecule has 1 aromatic heterocycles. The van der Waals surface area contributed by atoms with Crippen LogP contribution in [0, 0.1) is 20.2 Å². The Bertz CT molecular complexity index is 547. The lowest BCUT2D eigenvalue weighted by molar-refractivity contribution is -0.401. The number of benzene rings is 1. The fraction of sp³-hybridized carbons (Fsp3) is 0. The summed E-state index contributed by atoms with van der Waals surface area (Å²) in [4.78, 5) is 19.5. The van der Waals surface area contributed by atoms with Gasteiger partial charge in [0.2, 0.25) is 0 Å². The number of rotatable bonds is 2. The molecule has 0 fully saturated rings. The molecule has 0 saturated heterocycles. The molecular weight excluding hydrogens is 204 g/mol. The highest BCUT2D eigenvalue weighted by molar-refractivity contribution is 5.81. The highest BCUT2D eigenvalue weighted by atomic mass is 16.6. The van der Waals surface area contributed by atoms with E-state index >= 15 is 0 Å². The second kappa shape index (κ2) is 3.05. The minimum atomic E-state index is -0.689. The number of nitro benzene ring substituents is 1. The first-order chi connectivity index (χ1) is 7.08. The third-order valence-corrected chi connectivity index (χ3v) is 1.88. The molecule has 2 aromatic rings. The van der Waals surface area contributed by atoms with E-state index in [-0.39, 0.29) is 11.3 Å². The van der Waals surface area contributed by atoms with Gasteiger partial charge in [-0.1, -0.05) is 0 Å². The summed E-state index contributed by atoms with van der Waals surface area (Å²) in [6, 6.07) is 5.05. The van der Waals surface area contributed by atoms with Crippen molar-refractivity contribution in [3.05, 3.63) is 44.5 Å². The standard InChI is InChI=1S/C8H4N2O5/c11-9(12)6-2-1-5-3-8(10(13)14)15-7(5)4-6/h1-4H. The average molecular weight is 208 g/mol. The number of furan rings is 1. The second-order valence-electron chi connectivity index (χ2n) is 2.82. The quantitative estimate of drug-likeness (QED) is 0.556. The molecule has 0 spiro atoms. The zero-order valence-electron chi connectivity index (χ0n) is 7.25. The maximum absolute atomic E-state index is 10.4. The number of fused-ring (bicyclic) bond motifs is 1. The minimum Gasteiger partial charge on any atom is -0.400 e. The lowest BCUT2D eigenvalue weighted by atomic mass is 10.2. The molecule has 0 radical (unpaired) electrons. The lowest BCUT2D eigenvalue weighted by Crippen LogP contribution is -1.85. The Kier molecular flexibility index (Phi) is 1.86. The van der Waals surface area contributed by atoms with Gasteiger partial charge in [0.05, 0.1) is 17.1 Å². The summed E-state index contributed by atoms with van der Waals surface area (Å²) in [6.45, 7) is 0. The molecule has 0 bridgehead atoms. The Morgan fingerprint density at radius 3 is 2.40 bits per heavy atom. The molecular formula is C8H4N2O5. The van der Waals surface area contributed by atoms with E-state index in [1.807, 2.05) is 0 Å². The Balaban J connectivity index is 2.62. The molecule has 0 atom stereocenters. The largest absolute Gasteiger partial charge is 0.434 e. The first-order valence-corrected chi connectivity index (χ1v) is 3.90. The number of non-ortho nitro benzene ring substituents is 1. The van der Waals surface area contributed by atoms with E-state index in [4.69, 9.17) is 4.42 Å². The number of nitrogens with zero attached hydrogens (tertiary/aromatic N) is 2. The zero-order valence-corrected chi connectivity index (χ0v) is 7.25. The summed E-state index contributed by atoms with van der Waals surface area (Å²) in [5, 5.41) is 21.2. The molecule has 0 aliphatic heterocycles. The monoisotopic (exact) mass is 208 g/mol. The first-order valence-electron chi connectivity index (χ1n) is 3.90. The van der Waals surface area contributed by atoms with Gasteiger partial charge < -0.3 is 4.42 Å². The minimum absolute atomic E-state index is 0.135. The summed E-state index contributed by atoms with van der Waals surface area (Å²) in [6.07, 6.45) is 0. The van der Waals surface area contributed by atoms with Crippen LogP contribution in [0.5, 0.6) is 0 Å². The molecule has 0 unspecified atom stereocenters. The summed E-state index contributed by atoms with van der Waals surface area (Å²) in [5.41, 5.74) is -0.0253. The Labute approximate surface area is 82.2 Å². The van der Waals surface area contributed by atoms with Gasteiger partial charge in [-0.25, -0.2) is 0 Å². The molecule has 0 saturated carbocycles.